The van der Waals surface area contributed by atoms with E-state index in [1.165, 1.54) is 0 Å². The number of phosphoric acid groups is 1. The van der Waals surface area contributed by atoms with Gasteiger partial charge in [-0.2, -0.15) is 0 Å². The summed E-state index contributed by atoms with van der Waals surface area (Å²) in [5.74, 6) is 0. The number of aliphatic hydroxyl groups is 7. The van der Waals surface area contributed by atoms with Gasteiger partial charge in [0.2, 0.25) is 0 Å². The van der Waals surface area contributed by atoms with Gasteiger partial charge in [0, 0.05) is 0 Å². The average molecular weight is 446 g/mol. The van der Waals surface area contributed by atoms with Crippen molar-refractivity contribution in [3.8, 4) is 0 Å². The van der Waals surface area contributed by atoms with Crippen molar-refractivity contribution < 1.29 is 68.8 Å². The summed E-state index contributed by atoms with van der Waals surface area (Å²) in [4.78, 5) is 17.4. The third-order valence-electron chi connectivity index (χ3n) is 4.21. The van der Waals surface area contributed by atoms with Crippen LogP contribution in [0.4, 0.5) is 0 Å². The monoisotopic (exact) mass is 446 g/mol. The third kappa shape index (κ3) is 6.35. The molecule has 0 aliphatic carbocycles. The molecule has 2 aliphatic heterocycles. The fourth-order valence-electron chi connectivity index (χ4n) is 2.73. The second-order valence-electron chi connectivity index (χ2n) is 6.13. The molecule has 14 nitrogen and oxygen atoms in total. The Labute approximate surface area is 180 Å². The first-order chi connectivity index (χ1) is 12.5. The predicted octanol–water partition coefficient (Wildman–Crippen LogP) is -5.93. The molecule has 0 bridgehead atoms. The van der Waals surface area contributed by atoms with Crippen molar-refractivity contribution >= 4 is 37.4 Å². The van der Waals surface area contributed by atoms with E-state index in [-0.39, 0.29) is 29.6 Å². The second kappa shape index (κ2) is 10.8. The van der Waals surface area contributed by atoms with E-state index in [2.05, 4.69) is 4.52 Å². The molecule has 0 amide bonds. The molecule has 0 aromatic rings. The van der Waals surface area contributed by atoms with Crippen LogP contribution in [0.3, 0.4) is 0 Å². The fourth-order valence-corrected chi connectivity index (χ4v) is 3.07. The van der Waals surface area contributed by atoms with Crippen LogP contribution in [0.25, 0.3) is 0 Å². The molecule has 2 rings (SSSR count). The second-order valence-corrected chi connectivity index (χ2v) is 7.37. The Kier molecular flexibility index (Phi) is 10.4. The summed E-state index contributed by atoms with van der Waals surface area (Å²) in [5, 5.41) is 68.1. The molecule has 0 saturated carbocycles. The van der Waals surface area contributed by atoms with Gasteiger partial charge < -0.3 is 59.7 Å². The molecule has 0 aromatic heterocycles. The summed E-state index contributed by atoms with van der Waals surface area (Å²) in [6.45, 7) is -1.63. The van der Waals surface area contributed by atoms with Crippen LogP contribution < -0.4 is 0 Å². The number of hydrogen-bond donors (Lipinski definition) is 9. The molecule has 0 radical (unpaired) electrons. The first-order valence-corrected chi connectivity index (χ1v) is 9.35. The molecular formula is C12H24NaO14P. The average Bonchev–Trinajstić information content (AvgIpc) is 2.60. The zero-order valence-corrected chi connectivity index (χ0v) is 14.6. The van der Waals surface area contributed by atoms with Gasteiger partial charge in [0.05, 0.1) is 13.2 Å². The molecule has 0 aromatic carbocycles. The van der Waals surface area contributed by atoms with Crippen LogP contribution in [-0.2, 0) is 23.3 Å². The van der Waals surface area contributed by atoms with Gasteiger partial charge in [-0.15, -0.1) is 0 Å². The zero-order chi connectivity index (χ0) is 20.5. The van der Waals surface area contributed by atoms with Gasteiger partial charge in [-0.1, -0.05) is 0 Å². The summed E-state index contributed by atoms with van der Waals surface area (Å²) in [7, 11) is -4.92. The summed E-state index contributed by atoms with van der Waals surface area (Å²) in [6, 6.07) is 0. The Balaban J connectivity index is 0.00000392. The van der Waals surface area contributed by atoms with Gasteiger partial charge in [-0.25, -0.2) is 4.57 Å². The fraction of sp³-hybridized carbons (Fsp3) is 1.00. The van der Waals surface area contributed by atoms with Crippen LogP contribution >= 0.6 is 7.82 Å². The van der Waals surface area contributed by atoms with Crippen molar-refractivity contribution in [2.24, 2.45) is 0 Å². The molecule has 2 saturated heterocycles. The zero-order valence-electron chi connectivity index (χ0n) is 13.7. The van der Waals surface area contributed by atoms with Gasteiger partial charge in [0.1, 0.15) is 48.8 Å². The Morgan fingerprint density at radius 3 is 1.96 bits per heavy atom. The minimum atomic E-state index is -4.92. The SMILES string of the molecule is O=P(O)(O)OC[C@H]1O[C@@H](O[C@H]2[C@H](O)[C@@H](O)[C@@H](O)O[C@@H]2CO)[C@H](O)[C@@H](O)[C@H]1O.[NaH]. The molecule has 162 valence electrons. The van der Waals surface area contributed by atoms with Crippen molar-refractivity contribution in [3.05, 3.63) is 0 Å². The van der Waals surface area contributed by atoms with Crippen molar-refractivity contribution in [2.75, 3.05) is 13.2 Å². The standard InChI is InChI=1S/C12H23O14P.Na.H/c13-1-3-10(7(16)8(17)11(19)24-3)26-12-9(18)6(15)5(14)4(25-12)2-23-27(20,21)22;;/h3-19H,1-2H2,(H2,20,21,22);;/t3-,4-,5+,6+,7-,8-,9-,10-,11+,12+;;/m1../s1. The minimum absolute atomic E-state index is 0. The van der Waals surface area contributed by atoms with Crippen LogP contribution in [0.15, 0.2) is 0 Å². The maximum atomic E-state index is 10.8. The summed E-state index contributed by atoms with van der Waals surface area (Å²) in [6.07, 6.45) is -17.1. The molecule has 0 unspecified atom stereocenters. The van der Waals surface area contributed by atoms with Crippen LogP contribution in [0.1, 0.15) is 0 Å². The molecule has 16 heteroatoms. The van der Waals surface area contributed by atoms with Gasteiger partial charge in [-0.3, -0.25) is 4.52 Å². The van der Waals surface area contributed by atoms with Gasteiger partial charge in [0.25, 0.3) is 0 Å². The van der Waals surface area contributed by atoms with Gasteiger partial charge >= 0.3 is 37.4 Å². The van der Waals surface area contributed by atoms with Crippen molar-refractivity contribution in [1.29, 1.82) is 0 Å². The first kappa shape index (κ1) is 26.7. The Hall–Kier alpha value is 0.710. The predicted molar refractivity (Wildman–Crippen MR) is 86.7 cm³/mol. The van der Waals surface area contributed by atoms with Crippen molar-refractivity contribution in [2.45, 2.75) is 61.4 Å². The number of phosphoric ester groups is 1. The molecular weight excluding hydrogens is 422 g/mol. The Bertz CT molecular complexity index is 532. The van der Waals surface area contributed by atoms with E-state index in [1.54, 1.807) is 0 Å². The number of aliphatic hydroxyl groups excluding tert-OH is 7. The molecule has 2 fully saturated rings. The molecule has 28 heavy (non-hydrogen) atoms. The topological polar surface area (TPSA) is 236 Å². The Morgan fingerprint density at radius 1 is 0.821 bits per heavy atom. The van der Waals surface area contributed by atoms with E-state index in [0.29, 0.717) is 0 Å². The summed E-state index contributed by atoms with van der Waals surface area (Å²) < 4.78 is 30.3. The molecule has 2 aliphatic rings. The van der Waals surface area contributed by atoms with Crippen molar-refractivity contribution in [3.63, 3.8) is 0 Å². The van der Waals surface area contributed by atoms with E-state index in [4.69, 9.17) is 24.0 Å². The number of ether oxygens (including phenoxy) is 3. The third-order valence-corrected chi connectivity index (χ3v) is 4.69. The van der Waals surface area contributed by atoms with E-state index >= 15 is 0 Å². The molecule has 9 N–H and O–H groups in total. The Morgan fingerprint density at radius 2 is 1.43 bits per heavy atom. The van der Waals surface area contributed by atoms with E-state index in [9.17, 15) is 40.3 Å². The quantitative estimate of drug-likeness (QED) is 0.136. The maximum absolute atomic E-state index is 10.8. The number of rotatable bonds is 6. The van der Waals surface area contributed by atoms with Crippen LogP contribution in [0, 0.1) is 0 Å². The number of hydrogen-bond acceptors (Lipinski definition) is 12. The summed E-state index contributed by atoms with van der Waals surface area (Å²) >= 11 is 0. The normalized spacial score (nSPS) is 44.8. The first-order valence-electron chi connectivity index (χ1n) is 7.82. The van der Waals surface area contributed by atoms with E-state index < -0.39 is 82.4 Å². The van der Waals surface area contributed by atoms with Crippen LogP contribution in [-0.4, -0.2) is 150 Å². The van der Waals surface area contributed by atoms with E-state index in [0.717, 1.165) is 0 Å². The molecule has 2 heterocycles. The van der Waals surface area contributed by atoms with Gasteiger partial charge in [-0.05, 0) is 0 Å². The van der Waals surface area contributed by atoms with Crippen LogP contribution in [0.2, 0.25) is 0 Å². The molecule has 10 atom stereocenters. The van der Waals surface area contributed by atoms with Crippen molar-refractivity contribution in [1.82, 2.24) is 0 Å². The van der Waals surface area contributed by atoms with Crippen LogP contribution in [0.5, 0.6) is 0 Å². The summed E-state index contributed by atoms with van der Waals surface area (Å²) in [5.41, 5.74) is 0. The van der Waals surface area contributed by atoms with E-state index in [1.807, 2.05) is 0 Å². The molecule has 0 spiro atoms. The van der Waals surface area contributed by atoms with Gasteiger partial charge in [0.15, 0.2) is 12.6 Å².